The van der Waals surface area contributed by atoms with Crippen LogP contribution in [-0.4, -0.2) is 29.7 Å². The average molecular weight is 340 g/mol. The van der Waals surface area contributed by atoms with Crippen molar-refractivity contribution in [3.8, 4) is 0 Å². The summed E-state index contributed by atoms with van der Waals surface area (Å²) < 4.78 is 5.29. The summed E-state index contributed by atoms with van der Waals surface area (Å²) in [5, 5.41) is 4.22. The number of furan rings is 1. The van der Waals surface area contributed by atoms with Crippen molar-refractivity contribution >= 4 is 23.3 Å². The van der Waals surface area contributed by atoms with Crippen LogP contribution in [0, 0.1) is 0 Å². The molecule has 0 aliphatic carbocycles. The fourth-order valence-electron chi connectivity index (χ4n) is 2.58. The molecule has 3 rings (SSSR count). The Morgan fingerprint density at radius 1 is 1.32 bits per heavy atom. The Morgan fingerprint density at radius 2 is 2.08 bits per heavy atom. The van der Waals surface area contributed by atoms with Crippen LogP contribution >= 0.6 is 0 Å². The molecule has 1 aliphatic heterocycles. The van der Waals surface area contributed by atoms with Crippen molar-refractivity contribution in [2.45, 2.75) is 32.4 Å². The number of para-hydroxylation sites is 1. The summed E-state index contributed by atoms with van der Waals surface area (Å²) in [6, 6.07) is 12.0. The highest BCUT2D eigenvalue weighted by molar-refractivity contribution is 6.39. The Morgan fingerprint density at radius 3 is 2.76 bits per heavy atom. The molecular formula is C18H20N4O3. The minimum absolute atomic E-state index is 0.113. The zero-order valence-electron chi connectivity index (χ0n) is 14.1. The molecule has 7 heteroatoms. The molecule has 1 aliphatic rings. The number of carbonyl (C=O) groups is 2. The second-order valence-electron chi connectivity index (χ2n) is 5.93. The number of aliphatic imine (C=N–C) groups is 1. The van der Waals surface area contributed by atoms with Crippen LogP contribution in [0.25, 0.3) is 0 Å². The van der Waals surface area contributed by atoms with Gasteiger partial charge in [-0.3, -0.25) is 15.0 Å². The highest BCUT2D eigenvalue weighted by Gasteiger charge is 2.31. The zero-order valence-corrected chi connectivity index (χ0v) is 14.1. The first-order valence-corrected chi connectivity index (χ1v) is 8.11. The molecule has 2 N–H and O–H groups in total. The predicted molar refractivity (Wildman–Crippen MR) is 94.0 cm³/mol. The van der Waals surface area contributed by atoms with Crippen molar-refractivity contribution in [1.29, 1.82) is 0 Å². The summed E-state index contributed by atoms with van der Waals surface area (Å²) in [6.07, 6.45) is 2.17. The number of hydrazine groups is 1. The summed E-state index contributed by atoms with van der Waals surface area (Å²) in [4.78, 5) is 29.0. The van der Waals surface area contributed by atoms with Crippen molar-refractivity contribution in [2.24, 2.45) is 4.99 Å². The normalized spacial score (nSPS) is 18.3. The van der Waals surface area contributed by atoms with Crippen LogP contribution in [0.5, 0.6) is 0 Å². The molecule has 0 fully saturated rings. The number of nitrogens with zero attached hydrogens (tertiary/aromatic N) is 2. The minimum atomic E-state index is -0.636. The van der Waals surface area contributed by atoms with E-state index in [4.69, 9.17) is 4.42 Å². The third-order valence-electron chi connectivity index (χ3n) is 3.81. The van der Waals surface area contributed by atoms with Gasteiger partial charge in [0, 0.05) is 12.5 Å². The molecule has 2 amide bonds. The van der Waals surface area contributed by atoms with Gasteiger partial charge in [0.15, 0.2) is 0 Å². The molecule has 7 nitrogen and oxygen atoms in total. The van der Waals surface area contributed by atoms with Crippen molar-refractivity contribution in [3.05, 3.63) is 54.5 Å². The molecule has 1 aromatic heterocycles. The van der Waals surface area contributed by atoms with Gasteiger partial charge in [0.1, 0.15) is 11.8 Å². The number of anilines is 1. The van der Waals surface area contributed by atoms with Crippen LogP contribution in [0.1, 0.15) is 19.6 Å². The molecular weight excluding hydrogens is 320 g/mol. The van der Waals surface area contributed by atoms with Crippen molar-refractivity contribution in [2.75, 3.05) is 5.01 Å². The van der Waals surface area contributed by atoms with Crippen LogP contribution in [0.2, 0.25) is 0 Å². The van der Waals surface area contributed by atoms with Crippen LogP contribution in [0.3, 0.4) is 0 Å². The van der Waals surface area contributed by atoms with Crippen LogP contribution in [0.4, 0.5) is 5.69 Å². The SMILES string of the molecule is C[C@@H]1N=C(C(=O)N[C@@H](C)Cc2ccco2)NN(c2ccccc2)C1=O. The Labute approximate surface area is 145 Å². The van der Waals surface area contributed by atoms with Gasteiger partial charge in [-0.15, -0.1) is 0 Å². The maximum absolute atomic E-state index is 12.5. The summed E-state index contributed by atoms with van der Waals surface area (Å²) >= 11 is 0. The van der Waals surface area contributed by atoms with Gasteiger partial charge in [-0.2, -0.15) is 0 Å². The Kier molecular flexibility index (Phi) is 4.83. The van der Waals surface area contributed by atoms with E-state index < -0.39 is 6.04 Å². The van der Waals surface area contributed by atoms with Gasteiger partial charge in [-0.05, 0) is 38.1 Å². The molecule has 2 heterocycles. The van der Waals surface area contributed by atoms with Gasteiger partial charge in [0.05, 0.1) is 12.0 Å². The molecule has 25 heavy (non-hydrogen) atoms. The summed E-state index contributed by atoms with van der Waals surface area (Å²) in [5.41, 5.74) is 3.47. The maximum atomic E-state index is 12.5. The van der Waals surface area contributed by atoms with E-state index in [1.54, 1.807) is 25.3 Å². The van der Waals surface area contributed by atoms with Crippen LogP contribution in [0.15, 0.2) is 58.1 Å². The first-order valence-electron chi connectivity index (χ1n) is 8.11. The number of benzene rings is 1. The van der Waals surface area contributed by atoms with Gasteiger partial charge in [-0.1, -0.05) is 18.2 Å². The summed E-state index contributed by atoms with van der Waals surface area (Å²) in [5.74, 6) is 0.328. The van der Waals surface area contributed by atoms with Crippen molar-refractivity contribution in [3.63, 3.8) is 0 Å². The average Bonchev–Trinajstić information content (AvgIpc) is 3.10. The molecule has 0 spiro atoms. The number of hydrogen-bond donors (Lipinski definition) is 2. The Bertz CT molecular complexity index is 771. The lowest BCUT2D eigenvalue weighted by atomic mass is 10.2. The monoisotopic (exact) mass is 340 g/mol. The van der Waals surface area contributed by atoms with Crippen LogP contribution < -0.4 is 15.8 Å². The number of amidine groups is 1. The predicted octanol–water partition coefficient (Wildman–Crippen LogP) is 1.67. The Balaban J connectivity index is 1.69. The lowest BCUT2D eigenvalue weighted by molar-refractivity contribution is -0.120. The lowest BCUT2D eigenvalue weighted by Gasteiger charge is -2.30. The molecule has 0 bridgehead atoms. The third-order valence-corrected chi connectivity index (χ3v) is 3.81. The van der Waals surface area contributed by atoms with Crippen molar-refractivity contribution in [1.82, 2.24) is 10.7 Å². The molecule has 0 radical (unpaired) electrons. The smallest absolute Gasteiger partial charge is 0.288 e. The van der Waals surface area contributed by atoms with Gasteiger partial charge in [-0.25, -0.2) is 10.0 Å². The van der Waals surface area contributed by atoms with E-state index in [2.05, 4.69) is 15.7 Å². The lowest BCUT2D eigenvalue weighted by Crippen LogP contribution is -2.58. The maximum Gasteiger partial charge on any atom is 0.288 e. The standard InChI is InChI=1S/C18H20N4O3/c1-12(11-15-9-6-10-25-15)19-17(23)16-20-13(2)18(24)22(21-16)14-7-4-3-5-8-14/h3-10,12-13H,11H2,1-2H3,(H,19,23)(H,20,21)/t12-,13-/m0/s1. The molecule has 2 atom stereocenters. The molecule has 1 aromatic carbocycles. The number of nitrogens with one attached hydrogen (secondary N) is 2. The van der Waals surface area contributed by atoms with Gasteiger partial charge in [0.25, 0.3) is 11.8 Å². The highest BCUT2D eigenvalue weighted by Crippen LogP contribution is 2.16. The van der Waals surface area contributed by atoms with E-state index in [1.807, 2.05) is 37.3 Å². The number of hydrogen-bond acceptors (Lipinski definition) is 5. The van der Waals surface area contributed by atoms with E-state index in [0.29, 0.717) is 12.1 Å². The highest BCUT2D eigenvalue weighted by atomic mass is 16.3. The quantitative estimate of drug-likeness (QED) is 0.867. The largest absolute Gasteiger partial charge is 0.469 e. The molecule has 0 unspecified atom stereocenters. The molecule has 0 saturated carbocycles. The molecule has 2 aromatic rings. The van der Waals surface area contributed by atoms with E-state index in [1.165, 1.54) is 5.01 Å². The fraction of sp³-hybridized carbons (Fsp3) is 0.278. The minimum Gasteiger partial charge on any atom is -0.469 e. The van der Waals surface area contributed by atoms with E-state index >= 15 is 0 Å². The van der Waals surface area contributed by atoms with Gasteiger partial charge >= 0.3 is 0 Å². The van der Waals surface area contributed by atoms with Crippen molar-refractivity contribution < 1.29 is 14.0 Å². The fourth-order valence-corrected chi connectivity index (χ4v) is 2.58. The first kappa shape index (κ1) is 16.8. The first-order chi connectivity index (χ1) is 12.0. The second kappa shape index (κ2) is 7.21. The molecule has 0 saturated heterocycles. The van der Waals surface area contributed by atoms with Crippen LogP contribution in [-0.2, 0) is 16.0 Å². The van der Waals surface area contributed by atoms with E-state index in [9.17, 15) is 9.59 Å². The van der Waals surface area contributed by atoms with E-state index in [-0.39, 0.29) is 23.7 Å². The number of carbonyl (C=O) groups excluding carboxylic acids is 2. The topological polar surface area (TPSA) is 86.9 Å². The summed E-state index contributed by atoms with van der Waals surface area (Å²) in [7, 11) is 0. The second-order valence-corrected chi connectivity index (χ2v) is 5.93. The van der Waals surface area contributed by atoms with E-state index in [0.717, 1.165) is 5.76 Å². The van der Waals surface area contributed by atoms with Gasteiger partial charge < -0.3 is 9.73 Å². The zero-order chi connectivity index (χ0) is 17.8. The number of rotatable bonds is 5. The third kappa shape index (κ3) is 3.88. The number of amides is 2. The summed E-state index contributed by atoms with van der Waals surface area (Å²) in [6.45, 7) is 3.55. The van der Waals surface area contributed by atoms with Gasteiger partial charge in [0.2, 0.25) is 5.84 Å². The Hall–Kier alpha value is -3.09. The molecule has 130 valence electrons.